The Balaban J connectivity index is 0.00000264. The van der Waals surface area contributed by atoms with Crippen LogP contribution in [0.15, 0.2) is 176 Å². The van der Waals surface area contributed by atoms with E-state index in [2.05, 4.69) is 219 Å². The molecule has 0 saturated heterocycles. The summed E-state index contributed by atoms with van der Waals surface area (Å²) >= 11 is 0. The summed E-state index contributed by atoms with van der Waals surface area (Å²) in [6.07, 6.45) is 1.91. The number of hydrogen-bond acceptors (Lipinski definition) is 4. The second-order valence-electron chi connectivity index (χ2n) is 17.1. The average Bonchev–Trinajstić information content (AvgIpc) is 3.83. The van der Waals surface area contributed by atoms with Gasteiger partial charge in [0.25, 0.3) is 0 Å². The van der Waals surface area contributed by atoms with Crippen molar-refractivity contribution in [1.29, 1.82) is 0 Å². The van der Waals surface area contributed by atoms with Gasteiger partial charge in [-0.3, -0.25) is 0 Å². The third-order valence-electron chi connectivity index (χ3n) is 11.8. The van der Waals surface area contributed by atoms with Crippen molar-refractivity contribution in [2.45, 2.75) is 45.4 Å². The van der Waals surface area contributed by atoms with Gasteiger partial charge in [-0.15, -0.1) is 48.1 Å². The summed E-state index contributed by atoms with van der Waals surface area (Å²) in [6, 6.07) is 66.9. The van der Waals surface area contributed by atoms with E-state index >= 15 is 0 Å². The van der Waals surface area contributed by atoms with Gasteiger partial charge in [-0.1, -0.05) is 137 Å². The molecule has 1 aliphatic heterocycles. The van der Waals surface area contributed by atoms with E-state index in [1.807, 2.05) is 24.4 Å². The standard InChI is InChI=1S/C55H45N4O.CH3.Pt/c1-54(2,3)41-30-31-56-53(34-41)59-49-29-26-39(38-16-8-6-9-17-38)32-48(49)47-28-27-46(36-52(47)59)60-45-23-15-22-44(35-45)58-37-57(50-24-12-13-25-51(50)58)43-21-14-20-42(33-43)55(4,5)40-18-10-7-11-19-40;;/h6-34,37H,1-5H3;1H3;/q-3;-1;+4. The van der Waals surface area contributed by atoms with Crippen molar-refractivity contribution in [3.05, 3.63) is 219 Å². The maximum atomic E-state index is 6.64. The van der Waals surface area contributed by atoms with E-state index < -0.39 is 0 Å². The maximum Gasteiger partial charge on any atom is 4.00 e. The maximum absolute atomic E-state index is 6.64. The minimum Gasteiger partial charge on any atom is -0.509 e. The van der Waals surface area contributed by atoms with E-state index in [1.165, 1.54) is 22.3 Å². The SMILES string of the molecule is CC(C)(C)c1ccnc(-n2c3[c-]c(Oc4[c-]c(N5[CH-]N(c6cccc(C(C)(C)c7ccccc7)c6)c6ccccc65)ccc4)ccc3c3cc(-c4ccccc4)ccc32)c1.[CH3-].[Pt+4]. The molecule has 7 aromatic carbocycles. The van der Waals surface area contributed by atoms with Gasteiger partial charge in [-0.05, 0) is 81.1 Å². The average molecular weight is 988 g/mol. The predicted molar refractivity (Wildman–Crippen MR) is 253 cm³/mol. The molecule has 5 nitrogen and oxygen atoms in total. The van der Waals surface area contributed by atoms with Gasteiger partial charge in [-0.25, -0.2) is 4.98 Å². The molecule has 10 rings (SSSR count). The first-order valence-electron chi connectivity index (χ1n) is 20.5. The van der Waals surface area contributed by atoms with Crippen LogP contribution >= 0.6 is 0 Å². The summed E-state index contributed by atoms with van der Waals surface area (Å²) in [5, 5.41) is 2.21. The molecule has 0 unspecified atom stereocenters. The largest absolute Gasteiger partial charge is 4.00 e. The number of para-hydroxylation sites is 2. The third kappa shape index (κ3) is 7.71. The number of anilines is 4. The number of fused-ring (bicyclic) bond motifs is 4. The molecule has 62 heavy (non-hydrogen) atoms. The Labute approximate surface area is 380 Å². The first-order chi connectivity index (χ1) is 29.1. The molecule has 0 atom stereocenters. The molecule has 1 aliphatic rings. The van der Waals surface area contributed by atoms with Crippen LogP contribution in [0.1, 0.15) is 51.3 Å². The van der Waals surface area contributed by atoms with Gasteiger partial charge in [0.2, 0.25) is 0 Å². The topological polar surface area (TPSA) is 33.5 Å². The Kier molecular flexibility index (Phi) is 11.5. The summed E-state index contributed by atoms with van der Waals surface area (Å²) < 4.78 is 8.85. The van der Waals surface area contributed by atoms with Gasteiger partial charge in [0, 0.05) is 45.7 Å². The summed E-state index contributed by atoms with van der Waals surface area (Å²) in [5.41, 5.74) is 12.0. The van der Waals surface area contributed by atoms with Crippen LogP contribution in [0.2, 0.25) is 0 Å². The molecule has 9 aromatic rings. The number of rotatable bonds is 8. The molecule has 0 amide bonds. The van der Waals surface area contributed by atoms with E-state index in [0.717, 1.165) is 55.9 Å². The fourth-order valence-corrected chi connectivity index (χ4v) is 8.37. The monoisotopic (exact) mass is 987 g/mol. The summed E-state index contributed by atoms with van der Waals surface area (Å²) in [4.78, 5) is 9.34. The van der Waals surface area contributed by atoms with E-state index in [9.17, 15) is 0 Å². The van der Waals surface area contributed by atoms with Crippen LogP contribution in [0.25, 0.3) is 38.8 Å². The molecule has 0 bridgehead atoms. The first kappa shape index (κ1) is 42.3. The Hall–Kier alpha value is -6.42. The quantitative estimate of drug-likeness (QED) is 0.142. The normalized spacial score (nSPS) is 12.5. The molecular weight excluding hydrogens is 940 g/mol. The van der Waals surface area contributed by atoms with Crippen molar-refractivity contribution < 1.29 is 25.8 Å². The van der Waals surface area contributed by atoms with Crippen LogP contribution in [-0.2, 0) is 31.9 Å². The van der Waals surface area contributed by atoms with Crippen molar-refractivity contribution in [3.63, 3.8) is 0 Å². The summed E-state index contributed by atoms with van der Waals surface area (Å²) in [6.45, 7) is 13.4. The van der Waals surface area contributed by atoms with E-state index in [-0.39, 0.29) is 39.3 Å². The Morgan fingerprint density at radius 3 is 1.98 bits per heavy atom. The van der Waals surface area contributed by atoms with Crippen LogP contribution in [0, 0.1) is 26.2 Å². The van der Waals surface area contributed by atoms with Gasteiger partial charge in [-0.2, -0.15) is 12.1 Å². The third-order valence-corrected chi connectivity index (χ3v) is 11.8. The van der Waals surface area contributed by atoms with Crippen LogP contribution in [0.3, 0.4) is 0 Å². The fraction of sp³-hybridized carbons (Fsp3) is 0.125. The zero-order valence-corrected chi connectivity index (χ0v) is 38.1. The van der Waals surface area contributed by atoms with Crippen LogP contribution in [0.4, 0.5) is 22.7 Å². The molecule has 6 heteroatoms. The molecule has 308 valence electrons. The number of pyridine rings is 1. The summed E-state index contributed by atoms with van der Waals surface area (Å²) in [7, 11) is 0. The smallest absolute Gasteiger partial charge is 0.509 e. The zero-order chi connectivity index (χ0) is 41.0. The fourth-order valence-electron chi connectivity index (χ4n) is 8.37. The zero-order valence-electron chi connectivity index (χ0n) is 35.8. The molecule has 0 N–H and O–H groups in total. The van der Waals surface area contributed by atoms with Gasteiger partial charge in [0.05, 0.1) is 0 Å². The van der Waals surface area contributed by atoms with Crippen molar-refractivity contribution in [1.82, 2.24) is 9.55 Å². The number of hydrogen-bond donors (Lipinski definition) is 0. The Morgan fingerprint density at radius 2 is 1.23 bits per heavy atom. The minimum atomic E-state index is -0.165. The second-order valence-corrected chi connectivity index (χ2v) is 17.1. The van der Waals surface area contributed by atoms with E-state index in [1.54, 1.807) is 0 Å². The van der Waals surface area contributed by atoms with E-state index in [4.69, 9.17) is 9.72 Å². The number of ether oxygens (including phenoxy) is 1. The minimum absolute atomic E-state index is 0. The summed E-state index contributed by atoms with van der Waals surface area (Å²) in [5.74, 6) is 2.04. The molecule has 2 aromatic heterocycles. The van der Waals surface area contributed by atoms with Crippen LogP contribution in [-0.4, -0.2) is 9.55 Å². The van der Waals surface area contributed by atoms with Gasteiger partial charge >= 0.3 is 21.1 Å². The van der Waals surface area contributed by atoms with Crippen LogP contribution < -0.4 is 14.5 Å². The molecule has 0 aliphatic carbocycles. The van der Waals surface area contributed by atoms with Crippen LogP contribution in [0.5, 0.6) is 11.5 Å². The van der Waals surface area contributed by atoms with Gasteiger partial charge in [0.15, 0.2) is 0 Å². The molecule has 0 fully saturated rings. The molecule has 0 saturated carbocycles. The van der Waals surface area contributed by atoms with Crippen molar-refractivity contribution in [2.75, 3.05) is 9.80 Å². The number of aromatic nitrogens is 2. The van der Waals surface area contributed by atoms with Crippen molar-refractivity contribution in [2.24, 2.45) is 0 Å². The van der Waals surface area contributed by atoms with Gasteiger partial charge < -0.3 is 26.5 Å². The first-order valence-corrected chi connectivity index (χ1v) is 20.5. The predicted octanol–water partition coefficient (Wildman–Crippen LogP) is 14.7. The van der Waals surface area contributed by atoms with E-state index in [0.29, 0.717) is 11.5 Å². The Bertz CT molecular complexity index is 3020. The molecule has 0 radical (unpaired) electrons. The number of nitrogens with zero attached hydrogens (tertiary/aromatic N) is 4. The molecule has 0 spiro atoms. The molecule has 3 heterocycles. The second kappa shape index (κ2) is 16.8. The Morgan fingerprint density at radius 1 is 0.548 bits per heavy atom. The number of benzene rings is 7. The van der Waals surface area contributed by atoms with Crippen molar-refractivity contribution >= 4 is 44.6 Å². The van der Waals surface area contributed by atoms with Gasteiger partial charge in [0.1, 0.15) is 5.82 Å². The van der Waals surface area contributed by atoms with Crippen molar-refractivity contribution in [3.8, 4) is 28.4 Å². The molecular formula is C56H48N4OPt.